The third kappa shape index (κ3) is 3.70. The molecular weight excluding hydrogens is 540 g/mol. The zero-order chi connectivity index (χ0) is 28.5. The van der Waals surface area contributed by atoms with E-state index in [9.17, 15) is 14.4 Å². The van der Waals surface area contributed by atoms with Crippen molar-refractivity contribution in [1.29, 1.82) is 0 Å². The van der Waals surface area contributed by atoms with Crippen LogP contribution < -0.4 is 15.8 Å². The fraction of sp³-hybridized carbons (Fsp3) is 0.258. The second-order valence-corrected chi connectivity index (χ2v) is 10.9. The zero-order valence-corrected chi connectivity index (χ0v) is 23.3. The topological polar surface area (TPSA) is 103 Å². The van der Waals surface area contributed by atoms with E-state index in [-0.39, 0.29) is 25.1 Å². The van der Waals surface area contributed by atoms with Crippen LogP contribution in [0.5, 0.6) is 0 Å². The minimum atomic E-state index is -1.69. The molecule has 206 valence electrons. The standard InChI is InChI=1S/C31H26N4O5S/c1-3-31(40-17(2)36)21-14-24-26-19(15-35(24)28(37)20(21)16-39-29(31)38)27-25-22(32-26)10-7-11-23(25)33-30(41)34(27)13-12-18-8-5-4-6-9-18/h4-11,14H,3,12-13,15-16H2,1-2H3,(H,33,41)/t31-/m0/s1. The van der Waals surface area contributed by atoms with Gasteiger partial charge >= 0.3 is 11.9 Å². The van der Waals surface area contributed by atoms with E-state index in [0.717, 1.165) is 34.3 Å². The summed E-state index contributed by atoms with van der Waals surface area (Å²) in [5.41, 5.74) is 4.52. The molecule has 0 amide bonds. The number of anilines is 2. The Kier molecular flexibility index (Phi) is 5.72. The minimum absolute atomic E-state index is 0.126. The van der Waals surface area contributed by atoms with Gasteiger partial charge in [-0.05, 0) is 48.8 Å². The van der Waals surface area contributed by atoms with Crippen molar-refractivity contribution in [1.82, 2.24) is 9.55 Å². The van der Waals surface area contributed by atoms with Crippen LogP contribution in [0.15, 0.2) is 59.4 Å². The van der Waals surface area contributed by atoms with Crippen molar-refractivity contribution < 1.29 is 19.1 Å². The van der Waals surface area contributed by atoms with Gasteiger partial charge in [-0.15, -0.1) is 0 Å². The van der Waals surface area contributed by atoms with Crippen LogP contribution in [0.25, 0.3) is 22.3 Å². The summed E-state index contributed by atoms with van der Waals surface area (Å²) in [6.07, 6.45) is 0.895. The van der Waals surface area contributed by atoms with Crippen molar-refractivity contribution in [3.05, 3.63) is 87.2 Å². The quantitative estimate of drug-likeness (QED) is 0.245. The molecule has 2 aromatic heterocycles. The zero-order valence-electron chi connectivity index (χ0n) is 22.5. The Labute approximate surface area is 240 Å². The van der Waals surface area contributed by atoms with Gasteiger partial charge in [-0.1, -0.05) is 43.3 Å². The van der Waals surface area contributed by atoms with E-state index >= 15 is 0 Å². The normalized spacial score (nSPS) is 18.3. The molecule has 0 radical (unpaired) electrons. The molecule has 3 aliphatic heterocycles. The lowest BCUT2D eigenvalue weighted by molar-refractivity contribution is -0.188. The number of cyclic esters (lactones) is 1. The number of benzene rings is 2. The molecule has 0 aliphatic carbocycles. The van der Waals surface area contributed by atoms with E-state index in [0.29, 0.717) is 34.2 Å². The molecular formula is C31H26N4O5S. The van der Waals surface area contributed by atoms with E-state index < -0.39 is 17.5 Å². The molecule has 5 heterocycles. The first kappa shape index (κ1) is 25.4. The van der Waals surface area contributed by atoms with Crippen molar-refractivity contribution in [3.8, 4) is 11.4 Å². The molecule has 4 aromatic rings. The molecule has 0 saturated carbocycles. The predicted molar refractivity (Wildman–Crippen MR) is 158 cm³/mol. The molecule has 0 saturated heterocycles. The Hall–Kier alpha value is -4.57. The summed E-state index contributed by atoms with van der Waals surface area (Å²) in [6, 6.07) is 17.8. The van der Waals surface area contributed by atoms with Crippen molar-refractivity contribution in [2.24, 2.45) is 0 Å². The van der Waals surface area contributed by atoms with E-state index in [1.165, 1.54) is 12.5 Å². The summed E-state index contributed by atoms with van der Waals surface area (Å²) in [7, 11) is 0. The van der Waals surface area contributed by atoms with Gasteiger partial charge < -0.3 is 24.3 Å². The molecule has 41 heavy (non-hydrogen) atoms. The molecule has 10 heteroatoms. The second-order valence-electron chi connectivity index (χ2n) is 10.5. The number of nitrogens with one attached hydrogen (secondary N) is 1. The predicted octanol–water partition coefficient (Wildman–Crippen LogP) is 4.41. The van der Waals surface area contributed by atoms with Crippen LogP contribution in [-0.4, -0.2) is 33.1 Å². The molecule has 1 atom stereocenters. The minimum Gasteiger partial charge on any atom is -0.457 e. The molecule has 7 rings (SSSR count). The van der Waals surface area contributed by atoms with Crippen LogP contribution in [-0.2, 0) is 44.2 Å². The van der Waals surface area contributed by atoms with Crippen LogP contribution in [0, 0.1) is 0 Å². The van der Waals surface area contributed by atoms with Crippen LogP contribution >= 0.6 is 12.2 Å². The third-order valence-corrected chi connectivity index (χ3v) is 8.52. The number of aromatic nitrogens is 2. The number of fused-ring (bicyclic) bond motifs is 5. The summed E-state index contributed by atoms with van der Waals surface area (Å²) >= 11 is 5.86. The first-order valence-corrected chi connectivity index (χ1v) is 14.0. The van der Waals surface area contributed by atoms with Crippen LogP contribution in [0.3, 0.4) is 0 Å². The number of carbonyl (C=O) groups excluding carboxylic acids is 2. The molecule has 9 nitrogen and oxygen atoms in total. The second kappa shape index (κ2) is 9.24. The fourth-order valence-electron chi connectivity index (χ4n) is 6.29. The molecule has 1 N–H and O–H groups in total. The number of thiocarbonyl (C=S) groups is 1. The van der Waals surface area contributed by atoms with Gasteiger partial charge in [-0.2, -0.15) is 0 Å². The Morgan fingerprint density at radius 3 is 2.71 bits per heavy atom. The lowest BCUT2D eigenvalue weighted by Crippen LogP contribution is -2.47. The van der Waals surface area contributed by atoms with Gasteiger partial charge in [0.15, 0.2) is 5.11 Å². The molecule has 0 unspecified atom stereocenters. The number of hydrogen-bond acceptors (Lipinski definition) is 7. The van der Waals surface area contributed by atoms with Crippen LogP contribution in [0.2, 0.25) is 0 Å². The smallest absolute Gasteiger partial charge is 0.355 e. The third-order valence-electron chi connectivity index (χ3n) is 8.19. The van der Waals surface area contributed by atoms with Gasteiger partial charge in [0.1, 0.15) is 6.61 Å². The van der Waals surface area contributed by atoms with Crippen molar-refractivity contribution >= 4 is 51.5 Å². The Balaban J connectivity index is 1.44. The van der Waals surface area contributed by atoms with Gasteiger partial charge in [-0.3, -0.25) is 9.59 Å². The number of pyridine rings is 2. The highest BCUT2D eigenvalue weighted by Crippen LogP contribution is 2.47. The van der Waals surface area contributed by atoms with Crippen molar-refractivity contribution in [2.45, 2.75) is 45.4 Å². The summed E-state index contributed by atoms with van der Waals surface area (Å²) in [5.74, 6) is -1.31. The Morgan fingerprint density at radius 1 is 1.15 bits per heavy atom. The largest absolute Gasteiger partial charge is 0.457 e. The maximum Gasteiger partial charge on any atom is 0.355 e. The van der Waals surface area contributed by atoms with Gasteiger partial charge in [-0.25, -0.2) is 9.78 Å². The Bertz CT molecular complexity index is 1870. The van der Waals surface area contributed by atoms with Crippen molar-refractivity contribution in [2.75, 3.05) is 16.8 Å². The number of hydrogen-bond donors (Lipinski definition) is 1. The van der Waals surface area contributed by atoms with Gasteiger partial charge in [0, 0.05) is 30.0 Å². The highest BCUT2D eigenvalue weighted by atomic mass is 32.1. The number of carbonyl (C=O) groups is 2. The number of nitrogens with zero attached hydrogens (tertiary/aromatic N) is 3. The highest BCUT2D eigenvalue weighted by molar-refractivity contribution is 7.80. The summed E-state index contributed by atoms with van der Waals surface area (Å²) in [5, 5.41) is 4.89. The number of rotatable bonds is 5. The van der Waals surface area contributed by atoms with Crippen LogP contribution in [0.4, 0.5) is 11.4 Å². The first-order chi connectivity index (χ1) is 19.8. The molecule has 0 spiro atoms. The summed E-state index contributed by atoms with van der Waals surface area (Å²) in [4.78, 5) is 46.2. The van der Waals surface area contributed by atoms with E-state index in [4.69, 9.17) is 26.7 Å². The SMILES string of the molecule is CC[C@@]1(OC(C)=O)C(=O)OCc2c1cc1n(c2=O)Cc2c-1nc1cccc3c1c2N(CCc1ccccc1)C(=S)N3. The summed E-state index contributed by atoms with van der Waals surface area (Å²) in [6.45, 7) is 3.70. The molecule has 3 aliphatic rings. The number of ether oxygens (including phenoxy) is 2. The molecule has 2 aromatic carbocycles. The van der Waals surface area contributed by atoms with Gasteiger partial charge in [0.2, 0.25) is 5.60 Å². The summed E-state index contributed by atoms with van der Waals surface area (Å²) < 4.78 is 12.7. The first-order valence-electron chi connectivity index (χ1n) is 13.5. The average Bonchev–Trinajstić information content (AvgIpc) is 3.33. The lowest BCUT2D eigenvalue weighted by atomic mass is 9.85. The lowest BCUT2D eigenvalue weighted by Gasteiger charge is -2.35. The molecule has 0 bridgehead atoms. The van der Waals surface area contributed by atoms with E-state index in [1.54, 1.807) is 17.6 Å². The van der Waals surface area contributed by atoms with Crippen LogP contribution in [0.1, 0.15) is 42.5 Å². The van der Waals surface area contributed by atoms with E-state index in [2.05, 4.69) is 22.3 Å². The monoisotopic (exact) mass is 566 g/mol. The van der Waals surface area contributed by atoms with E-state index in [1.807, 2.05) is 36.4 Å². The fourth-order valence-corrected chi connectivity index (χ4v) is 6.59. The van der Waals surface area contributed by atoms with Gasteiger partial charge in [0.05, 0.1) is 40.4 Å². The average molecular weight is 567 g/mol. The Morgan fingerprint density at radius 2 is 1.95 bits per heavy atom. The highest BCUT2D eigenvalue weighted by Gasteiger charge is 2.50. The van der Waals surface area contributed by atoms with Crippen molar-refractivity contribution in [3.63, 3.8) is 0 Å². The van der Waals surface area contributed by atoms with Gasteiger partial charge in [0.25, 0.3) is 5.56 Å². The number of esters is 2. The molecule has 0 fully saturated rings. The maximum absolute atomic E-state index is 14.0. The maximum atomic E-state index is 14.0.